The average Bonchev–Trinajstić information content (AvgIpc) is 2.57. The molecular formula is C18H20O6S. The molecule has 0 saturated carbocycles. The highest BCUT2D eigenvalue weighted by Gasteiger charge is 2.12. The lowest BCUT2D eigenvalue weighted by molar-refractivity contribution is -0.210. The standard InChI is InChI=1S/C18H20O6S/c1-4-17-15(12-22-25(3,20)21)8-6-10-18(17)14-7-5-9-16(11-14)24-23-13(2)19/h5-11H,4,12H2,1-3H3. The molecule has 2 rings (SSSR count). The maximum atomic E-state index is 11.3. The van der Waals surface area contributed by atoms with E-state index in [1.54, 1.807) is 18.2 Å². The number of hydrogen-bond donors (Lipinski definition) is 0. The molecule has 0 radical (unpaired) electrons. The van der Waals surface area contributed by atoms with Gasteiger partial charge in [-0.25, -0.2) is 4.79 Å². The van der Waals surface area contributed by atoms with E-state index in [2.05, 4.69) is 4.89 Å². The summed E-state index contributed by atoms with van der Waals surface area (Å²) in [6.45, 7) is 3.23. The summed E-state index contributed by atoms with van der Waals surface area (Å²) in [4.78, 5) is 20.4. The first-order chi connectivity index (χ1) is 11.8. The molecule has 0 saturated heterocycles. The molecule has 0 aliphatic carbocycles. The largest absolute Gasteiger partial charge is 0.352 e. The van der Waals surface area contributed by atoms with Gasteiger partial charge >= 0.3 is 5.97 Å². The van der Waals surface area contributed by atoms with Crippen LogP contribution in [0.5, 0.6) is 5.75 Å². The van der Waals surface area contributed by atoms with Gasteiger partial charge in [0, 0.05) is 6.92 Å². The molecule has 134 valence electrons. The minimum Gasteiger partial charge on any atom is -0.287 e. The van der Waals surface area contributed by atoms with E-state index in [0.29, 0.717) is 12.2 Å². The van der Waals surface area contributed by atoms with Crippen LogP contribution in [0.2, 0.25) is 0 Å². The highest BCUT2D eigenvalue weighted by molar-refractivity contribution is 7.85. The highest BCUT2D eigenvalue weighted by atomic mass is 32.2. The summed E-state index contributed by atoms with van der Waals surface area (Å²) < 4.78 is 27.4. The lowest BCUT2D eigenvalue weighted by atomic mass is 9.94. The molecule has 2 aromatic rings. The first-order valence-electron chi connectivity index (χ1n) is 7.71. The van der Waals surface area contributed by atoms with E-state index in [9.17, 15) is 13.2 Å². The van der Waals surface area contributed by atoms with Crippen molar-refractivity contribution in [3.8, 4) is 16.9 Å². The Morgan fingerprint density at radius 2 is 1.84 bits per heavy atom. The minimum atomic E-state index is -3.52. The summed E-state index contributed by atoms with van der Waals surface area (Å²) in [5.41, 5.74) is 3.58. The Morgan fingerprint density at radius 3 is 2.48 bits per heavy atom. The Hall–Kier alpha value is -2.38. The first kappa shape index (κ1) is 19.0. The third-order valence-corrected chi connectivity index (χ3v) is 4.00. The molecule has 0 fully saturated rings. The maximum Gasteiger partial charge on any atom is 0.352 e. The van der Waals surface area contributed by atoms with E-state index in [0.717, 1.165) is 28.5 Å². The van der Waals surface area contributed by atoms with Crippen LogP contribution in [0.15, 0.2) is 42.5 Å². The average molecular weight is 364 g/mol. The van der Waals surface area contributed by atoms with Crippen molar-refractivity contribution in [2.24, 2.45) is 0 Å². The fraction of sp³-hybridized carbons (Fsp3) is 0.278. The summed E-state index contributed by atoms with van der Waals surface area (Å²) in [6.07, 6.45) is 1.73. The van der Waals surface area contributed by atoms with Crippen molar-refractivity contribution in [2.45, 2.75) is 26.9 Å². The van der Waals surface area contributed by atoms with Crippen molar-refractivity contribution in [1.29, 1.82) is 0 Å². The molecule has 7 heteroatoms. The van der Waals surface area contributed by atoms with Gasteiger partial charge in [-0.2, -0.15) is 8.42 Å². The molecule has 0 aliphatic heterocycles. The maximum absolute atomic E-state index is 11.3. The van der Waals surface area contributed by atoms with Crippen molar-refractivity contribution >= 4 is 16.1 Å². The van der Waals surface area contributed by atoms with E-state index in [1.807, 2.05) is 31.2 Å². The van der Waals surface area contributed by atoms with E-state index < -0.39 is 16.1 Å². The predicted octanol–water partition coefficient (Wildman–Crippen LogP) is 3.25. The number of hydrogen-bond acceptors (Lipinski definition) is 6. The Labute approximate surface area is 147 Å². The van der Waals surface area contributed by atoms with Gasteiger partial charge in [0.2, 0.25) is 0 Å². The zero-order valence-electron chi connectivity index (χ0n) is 14.3. The smallest absolute Gasteiger partial charge is 0.287 e. The Morgan fingerprint density at radius 1 is 1.12 bits per heavy atom. The molecule has 25 heavy (non-hydrogen) atoms. The molecule has 0 unspecified atom stereocenters. The summed E-state index contributed by atoms with van der Waals surface area (Å²) in [6, 6.07) is 12.7. The zero-order chi connectivity index (χ0) is 18.4. The second-order valence-corrected chi connectivity index (χ2v) is 7.09. The molecule has 0 bridgehead atoms. The third-order valence-electron chi connectivity index (χ3n) is 3.46. The molecule has 0 aliphatic rings. The van der Waals surface area contributed by atoms with Crippen molar-refractivity contribution < 1.29 is 27.2 Å². The minimum absolute atomic E-state index is 0.0144. The van der Waals surface area contributed by atoms with Gasteiger partial charge in [-0.05, 0) is 40.8 Å². The summed E-state index contributed by atoms with van der Waals surface area (Å²) in [7, 11) is -3.52. The molecule has 2 aromatic carbocycles. The summed E-state index contributed by atoms with van der Waals surface area (Å²) in [5.74, 6) is -0.146. The van der Waals surface area contributed by atoms with Gasteiger partial charge < -0.3 is 0 Å². The third kappa shape index (κ3) is 5.58. The molecule has 0 N–H and O–H groups in total. The van der Waals surface area contributed by atoms with Crippen molar-refractivity contribution in [3.05, 3.63) is 53.6 Å². The van der Waals surface area contributed by atoms with E-state index in [4.69, 9.17) is 9.07 Å². The fourth-order valence-electron chi connectivity index (χ4n) is 2.45. The monoisotopic (exact) mass is 364 g/mol. The summed E-state index contributed by atoms with van der Waals surface area (Å²) >= 11 is 0. The molecular weight excluding hydrogens is 344 g/mol. The molecule has 6 nitrogen and oxygen atoms in total. The van der Waals surface area contributed by atoms with Crippen LogP contribution in [0.1, 0.15) is 25.0 Å². The second kappa shape index (κ2) is 8.13. The second-order valence-electron chi connectivity index (χ2n) is 5.45. The van der Waals surface area contributed by atoms with Crippen LogP contribution in [0.4, 0.5) is 0 Å². The lowest BCUT2D eigenvalue weighted by Crippen LogP contribution is -2.05. The number of benzene rings is 2. The van der Waals surface area contributed by atoms with Gasteiger partial charge in [0.1, 0.15) is 0 Å². The Bertz CT molecular complexity index is 858. The fourth-order valence-corrected chi connectivity index (χ4v) is 2.79. The van der Waals surface area contributed by atoms with Gasteiger partial charge in [-0.3, -0.25) is 14.0 Å². The molecule has 0 spiro atoms. The van der Waals surface area contributed by atoms with Crippen molar-refractivity contribution in [3.63, 3.8) is 0 Å². The van der Waals surface area contributed by atoms with Crippen LogP contribution < -0.4 is 4.89 Å². The van der Waals surface area contributed by atoms with Crippen LogP contribution in [-0.4, -0.2) is 20.6 Å². The molecule has 0 amide bonds. The van der Waals surface area contributed by atoms with Crippen LogP contribution in [0.25, 0.3) is 11.1 Å². The zero-order valence-corrected chi connectivity index (χ0v) is 15.1. The highest BCUT2D eigenvalue weighted by Crippen LogP contribution is 2.30. The topological polar surface area (TPSA) is 78.9 Å². The van der Waals surface area contributed by atoms with Crippen LogP contribution in [0.3, 0.4) is 0 Å². The predicted molar refractivity (Wildman–Crippen MR) is 93.3 cm³/mol. The first-order valence-corrected chi connectivity index (χ1v) is 9.52. The lowest BCUT2D eigenvalue weighted by Gasteiger charge is -2.14. The number of carbonyl (C=O) groups excluding carboxylic acids is 1. The van der Waals surface area contributed by atoms with Crippen LogP contribution >= 0.6 is 0 Å². The Balaban J connectivity index is 2.35. The van der Waals surface area contributed by atoms with E-state index in [-0.39, 0.29) is 6.61 Å². The van der Waals surface area contributed by atoms with Gasteiger partial charge in [0.25, 0.3) is 10.1 Å². The quantitative estimate of drug-likeness (QED) is 0.426. The van der Waals surface area contributed by atoms with Gasteiger partial charge in [0.15, 0.2) is 5.75 Å². The van der Waals surface area contributed by atoms with Crippen LogP contribution in [0, 0.1) is 0 Å². The van der Waals surface area contributed by atoms with E-state index in [1.165, 1.54) is 6.92 Å². The van der Waals surface area contributed by atoms with Gasteiger partial charge in [-0.1, -0.05) is 37.3 Å². The summed E-state index contributed by atoms with van der Waals surface area (Å²) in [5, 5.41) is 0. The normalized spacial score (nSPS) is 11.2. The molecule has 0 aromatic heterocycles. The molecule has 0 atom stereocenters. The van der Waals surface area contributed by atoms with Crippen molar-refractivity contribution in [1.82, 2.24) is 0 Å². The Kier molecular flexibility index (Phi) is 6.17. The SMILES string of the molecule is CCc1c(COS(C)(=O)=O)cccc1-c1cccc(OOC(C)=O)c1. The van der Waals surface area contributed by atoms with Gasteiger partial charge in [-0.15, -0.1) is 0 Å². The number of rotatable bonds is 7. The van der Waals surface area contributed by atoms with Crippen LogP contribution in [-0.2, 0) is 37.0 Å². The van der Waals surface area contributed by atoms with Crippen molar-refractivity contribution in [2.75, 3.05) is 6.26 Å². The number of carbonyl (C=O) groups is 1. The molecule has 0 heterocycles. The van der Waals surface area contributed by atoms with Gasteiger partial charge in [0.05, 0.1) is 12.9 Å². The van der Waals surface area contributed by atoms with E-state index >= 15 is 0 Å².